The summed E-state index contributed by atoms with van der Waals surface area (Å²) in [6.07, 6.45) is 7.45. The van der Waals surface area contributed by atoms with E-state index < -0.39 is 11.4 Å². The number of aromatic nitrogens is 1. The van der Waals surface area contributed by atoms with Gasteiger partial charge >= 0.3 is 5.97 Å². The Labute approximate surface area is 158 Å². The number of hydrogen-bond donors (Lipinski definition) is 1. The fraction of sp³-hybridized carbons (Fsp3) is 0.632. The molecule has 7 heteroatoms. The summed E-state index contributed by atoms with van der Waals surface area (Å²) in [7, 11) is 0. The zero-order valence-electron chi connectivity index (χ0n) is 14.8. The lowest BCUT2D eigenvalue weighted by Gasteiger charge is -2.27. The Balaban J connectivity index is 1.54. The van der Waals surface area contributed by atoms with Crippen LogP contribution in [0.4, 0.5) is 5.82 Å². The first kappa shape index (κ1) is 17.6. The standard InChI is InChI=1S/C19H24ClN3O3/c20-15-9-13(17(24)22-7-2-1-3-8-22)10-21-16(15)23-11-14-5-4-6-19(14,12-23)18(25)26/h9-10,14H,1-8,11-12H2,(H,25,26)/t14-,19+/m0/s1. The summed E-state index contributed by atoms with van der Waals surface area (Å²) in [5, 5.41) is 10.2. The van der Waals surface area contributed by atoms with E-state index in [2.05, 4.69) is 4.98 Å². The molecule has 0 radical (unpaired) electrons. The van der Waals surface area contributed by atoms with Crippen molar-refractivity contribution < 1.29 is 14.7 Å². The van der Waals surface area contributed by atoms with Crippen LogP contribution in [0.2, 0.25) is 5.02 Å². The van der Waals surface area contributed by atoms with Gasteiger partial charge in [-0.15, -0.1) is 0 Å². The zero-order valence-corrected chi connectivity index (χ0v) is 15.5. The zero-order chi connectivity index (χ0) is 18.3. The molecule has 26 heavy (non-hydrogen) atoms. The monoisotopic (exact) mass is 377 g/mol. The molecule has 2 aliphatic heterocycles. The molecule has 0 spiro atoms. The Morgan fingerprint density at radius 1 is 1.23 bits per heavy atom. The highest BCUT2D eigenvalue weighted by atomic mass is 35.5. The molecule has 1 aromatic rings. The van der Waals surface area contributed by atoms with Crippen LogP contribution in [-0.2, 0) is 4.79 Å². The largest absolute Gasteiger partial charge is 0.481 e. The number of fused-ring (bicyclic) bond motifs is 1. The molecule has 4 rings (SSSR count). The van der Waals surface area contributed by atoms with E-state index in [1.807, 2.05) is 9.80 Å². The SMILES string of the molecule is O=C(c1cnc(N2C[C@@H]3CCC[C@@]3(C(=O)O)C2)c(Cl)c1)N1CCCCC1. The number of piperidine rings is 1. The smallest absolute Gasteiger partial charge is 0.311 e. The van der Waals surface area contributed by atoms with E-state index in [4.69, 9.17) is 11.6 Å². The van der Waals surface area contributed by atoms with Crippen molar-refractivity contribution in [2.45, 2.75) is 38.5 Å². The van der Waals surface area contributed by atoms with Gasteiger partial charge in [0.15, 0.2) is 0 Å². The predicted octanol–water partition coefficient (Wildman–Crippen LogP) is 3.05. The molecule has 1 amide bonds. The number of pyridine rings is 1. The highest BCUT2D eigenvalue weighted by molar-refractivity contribution is 6.33. The number of carboxylic acids is 1. The Morgan fingerprint density at radius 3 is 2.65 bits per heavy atom. The topological polar surface area (TPSA) is 73.7 Å². The number of carboxylic acid groups (broad SMARTS) is 1. The summed E-state index contributed by atoms with van der Waals surface area (Å²) in [6.45, 7) is 2.68. The molecule has 2 saturated heterocycles. The molecule has 3 aliphatic rings. The van der Waals surface area contributed by atoms with Gasteiger partial charge in [-0.3, -0.25) is 9.59 Å². The second-order valence-electron chi connectivity index (χ2n) is 7.81. The molecule has 6 nitrogen and oxygen atoms in total. The lowest BCUT2D eigenvalue weighted by Crippen LogP contribution is -2.36. The molecule has 1 saturated carbocycles. The highest BCUT2D eigenvalue weighted by Gasteiger charge is 2.55. The van der Waals surface area contributed by atoms with Crippen molar-refractivity contribution in [1.82, 2.24) is 9.88 Å². The third kappa shape index (κ3) is 2.84. The molecule has 140 valence electrons. The predicted molar refractivity (Wildman–Crippen MR) is 98.6 cm³/mol. The molecule has 0 bridgehead atoms. The number of amides is 1. The van der Waals surface area contributed by atoms with Crippen molar-refractivity contribution in [2.75, 3.05) is 31.1 Å². The average Bonchev–Trinajstić information content (AvgIpc) is 3.20. The first-order valence-corrected chi connectivity index (χ1v) is 9.82. The molecule has 3 fully saturated rings. The molecule has 3 heterocycles. The summed E-state index contributed by atoms with van der Waals surface area (Å²) in [5.74, 6) is 0.00544. The fourth-order valence-corrected chi connectivity index (χ4v) is 5.15. The van der Waals surface area contributed by atoms with Crippen molar-refractivity contribution in [3.8, 4) is 0 Å². The van der Waals surface area contributed by atoms with Crippen LogP contribution in [0.15, 0.2) is 12.3 Å². The summed E-state index contributed by atoms with van der Waals surface area (Å²) < 4.78 is 0. The quantitative estimate of drug-likeness (QED) is 0.876. The van der Waals surface area contributed by atoms with Crippen LogP contribution in [0.3, 0.4) is 0 Å². The van der Waals surface area contributed by atoms with Crippen LogP contribution >= 0.6 is 11.6 Å². The molecular formula is C19H24ClN3O3. The first-order valence-electron chi connectivity index (χ1n) is 9.44. The Kier molecular flexibility index (Phi) is 4.55. The molecule has 1 aliphatic carbocycles. The minimum atomic E-state index is -0.712. The van der Waals surface area contributed by atoms with Gasteiger partial charge in [-0.1, -0.05) is 18.0 Å². The Bertz CT molecular complexity index is 735. The third-order valence-electron chi connectivity index (χ3n) is 6.31. The van der Waals surface area contributed by atoms with Crippen LogP contribution in [0.5, 0.6) is 0 Å². The normalized spacial score (nSPS) is 28.3. The number of likely N-dealkylation sites (tertiary alicyclic amines) is 1. The Morgan fingerprint density at radius 2 is 2.00 bits per heavy atom. The van der Waals surface area contributed by atoms with Crippen molar-refractivity contribution in [2.24, 2.45) is 11.3 Å². The van der Waals surface area contributed by atoms with Gasteiger partial charge in [0.1, 0.15) is 5.82 Å². The van der Waals surface area contributed by atoms with E-state index in [0.29, 0.717) is 35.9 Å². The van der Waals surface area contributed by atoms with Gasteiger partial charge in [-0.05, 0) is 44.1 Å². The van der Waals surface area contributed by atoms with Crippen molar-refractivity contribution >= 4 is 29.3 Å². The number of rotatable bonds is 3. The average molecular weight is 378 g/mol. The molecule has 0 unspecified atom stereocenters. The first-order chi connectivity index (χ1) is 12.5. The summed E-state index contributed by atoms with van der Waals surface area (Å²) in [4.78, 5) is 32.8. The highest BCUT2D eigenvalue weighted by Crippen LogP contribution is 2.50. The fourth-order valence-electron chi connectivity index (χ4n) is 4.86. The number of carbonyl (C=O) groups excluding carboxylic acids is 1. The molecule has 2 atom stereocenters. The maximum atomic E-state index is 12.6. The van der Waals surface area contributed by atoms with Crippen molar-refractivity contribution in [1.29, 1.82) is 0 Å². The van der Waals surface area contributed by atoms with E-state index in [-0.39, 0.29) is 11.8 Å². The lowest BCUT2D eigenvalue weighted by molar-refractivity contribution is -0.149. The summed E-state index contributed by atoms with van der Waals surface area (Å²) >= 11 is 6.45. The third-order valence-corrected chi connectivity index (χ3v) is 6.59. The van der Waals surface area contributed by atoms with Crippen LogP contribution in [-0.4, -0.2) is 53.0 Å². The second kappa shape index (κ2) is 6.72. The minimum absolute atomic E-state index is 0.0223. The van der Waals surface area contributed by atoms with Crippen molar-refractivity contribution in [3.63, 3.8) is 0 Å². The van der Waals surface area contributed by atoms with Gasteiger partial charge in [-0.25, -0.2) is 4.98 Å². The van der Waals surface area contributed by atoms with Gasteiger partial charge in [0, 0.05) is 32.4 Å². The van der Waals surface area contributed by atoms with Gasteiger partial charge in [0.25, 0.3) is 5.91 Å². The molecular weight excluding hydrogens is 354 g/mol. The number of nitrogens with zero attached hydrogens (tertiary/aromatic N) is 3. The van der Waals surface area contributed by atoms with Crippen LogP contribution < -0.4 is 4.90 Å². The number of aliphatic carboxylic acids is 1. The maximum Gasteiger partial charge on any atom is 0.311 e. The van der Waals surface area contributed by atoms with Crippen LogP contribution in [0.25, 0.3) is 0 Å². The number of hydrogen-bond acceptors (Lipinski definition) is 4. The Hall–Kier alpha value is -1.82. The van der Waals surface area contributed by atoms with Crippen LogP contribution in [0, 0.1) is 11.3 Å². The molecule has 1 N–H and O–H groups in total. The van der Waals surface area contributed by atoms with Crippen LogP contribution in [0.1, 0.15) is 48.9 Å². The molecule has 1 aromatic heterocycles. The summed E-state index contributed by atoms with van der Waals surface area (Å²) in [6, 6.07) is 1.68. The van der Waals surface area contributed by atoms with Gasteiger partial charge in [0.05, 0.1) is 16.0 Å². The maximum absolute atomic E-state index is 12.6. The van der Waals surface area contributed by atoms with E-state index in [9.17, 15) is 14.7 Å². The van der Waals surface area contributed by atoms with E-state index >= 15 is 0 Å². The van der Waals surface area contributed by atoms with Crippen molar-refractivity contribution in [3.05, 3.63) is 22.8 Å². The summed E-state index contributed by atoms with van der Waals surface area (Å²) in [5.41, 5.74) is -0.166. The van der Waals surface area contributed by atoms with Gasteiger partial charge in [0.2, 0.25) is 0 Å². The second-order valence-corrected chi connectivity index (χ2v) is 8.22. The van der Waals surface area contributed by atoms with E-state index in [0.717, 1.165) is 38.8 Å². The van der Waals surface area contributed by atoms with E-state index in [1.165, 1.54) is 6.42 Å². The lowest BCUT2D eigenvalue weighted by atomic mass is 9.81. The minimum Gasteiger partial charge on any atom is -0.481 e. The van der Waals surface area contributed by atoms with E-state index in [1.54, 1.807) is 12.3 Å². The van der Waals surface area contributed by atoms with Gasteiger partial charge < -0.3 is 14.9 Å². The number of carbonyl (C=O) groups is 2. The molecule has 0 aromatic carbocycles. The number of halogens is 1. The van der Waals surface area contributed by atoms with Gasteiger partial charge in [-0.2, -0.15) is 0 Å². The number of anilines is 1.